The second kappa shape index (κ2) is 5.20. The summed E-state index contributed by atoms with van der Waals surface area (Å²) in [6.45, 7) is 1.76. The molecule has 0 radical (unpaired) electrons. The number of aliphatic hydroxyl groups is 1. The Morgan fingerprint density at radius 1 is 1.45 bits per heavy atom. The van der Waals surface area contributed by atoms with E-state index in [1.807, 2.05) is 0 Å². The molecule has 1 atom stereocenters. The fraction of sp³-hybridized carbons (Fsp3) is 0.429. The quantitative estimate of drug-likeness (QED) is 0.923. The van der Waals surface area contributed by atoms with Gasteiger partial charge in [0.25, 0.3) is 0 Å². The number of ether oxygens (including phenoxy) is 1. The Bertz CT molecular complexity index is 635. The number of anilines is 1. The van der Waals surface area contributed by atoms with Crippen molar-refractivity contribution in [2.75, 3.05) is 31.7 Å². The van der Waals surface area contributed by atoms with Crippen LogP contribution in [0.15, 0.2) is 18.5 Å². The van der Waals surface area contributed by atoms with Gasteiger partial charge in [-0.2, -0.15) is 0 Å². The van der Waals surface area contributed by atoms with Crippen LogP contribution in [0.4, 0.5) is 10.2 Å². The first-order valence-electron chi connectivity index (χ1n) is 6.57. The van der Waals surface area contributed by atoms with Crippen LogP contribution >= 0.6 is 0 Å². The molecule has 106 valence electrons. The summed E-state index contributed by atoms with van der Waals surface area (Å²) in [4.78, 5) is 10.5. The second-order valence-corrected chi connectivity index (χ2v) is 4.98. The smallest absolute Gasteiger partial charge is 0.167 e. The molecule has 1 N–H and O–H groups in total. The average molecular weight is 277 g/mol. The monoisotopic (exact) mass is 277 g/mol. The van der Waals surface area contributed by atoms with Crippen molar-refractivity contribution in [3.63, 3.8) is 0 Å². The van der Waals surface area contributed by atoms with Crippen LogP contribution in [0.2, 0.25) is 0 Å². The van der Waals surface area contributed by atoms with E-state index in [1.165, 1.54) is 19.5 Å². The molecule has 1 aromatic carbocycles. The molecule has 0 bridgehead atoms. The number of methoxy groups -OCH3 is 1. The van der Waals surface area contributed by atoms with Crippen LogP contribution in [-0.2, 0) is 0 Å². The van der Waals surface area contributed by atoms with Crippen molar-refractivity contribution in [1.29, 1.82) is 0 Å². The molecule has 1 unspecified atom stereocenters. The summed E-state index contributed by atoms with van der Waals surface area (Å²) < 4.78 is 18.7. The van der Waals surface area contributed by atoms with Gasteiger partial charge < -0.3 is 14.7 Å². The maximum atomic E-state index is 13.7. The number of nitrogens with zero attached hydrogens (tertiary/aromatic N) is 3. The molecular weight excluding hydrogens is 261 g/mol. The molecular formula is C14H16FN3O2. The van der Waals surface area contributed by atoms with Crippen LogP contribution in [0.5, 0.6) is 5.75 Å². The average Bonchev–Trinajstić information content (AvgIpc) is 2.94. The molecule has 1 aliphatic rings. The summed E-state index contributed by atoms with van der Waals surface area (Å²) in [5.41, 5.74) is 0.556. The van der Waals surface area contributed by atoms with Crippen molar-refractivity contribution >= 4 is 16.7 Å². The zero-order chi connectivity index (χ0) is 14.1. The van der Waals surface area contributed by atoms with Gasteiger partial charge in [-0.1, -0.05) is 0 Å². The lowest BCUT2D eigenvalue weighted by atomic mass is 10.1. The minimum Gasteiger partial charge on any atom is -0.494 e. The lowest BCUT2D eigenvalue weighted by Gasteiger charge is -2.19. The van der Waals surface area contributed by atoms with Gasteiger partial charge in [0.1, 0.15) is 12.1 Å². The maximum absolute atomic E-state index is 13.7. The van der Waals surface area contributed by atoms with Gasteiger partial charge in [0.05, 0.1) is 12.6 Å². The number of rotatable bonds is 3. The molecule has 6 heteroatoms. The molecule has 20 heavy (non-hydrogen) atoms. The first-order chi connectivity index (χ1) is 9.72. The van der Waals surface area contributed by atoms with Crippen molar-refractivity contribution < 1.29 is 14.2 Å². The van der Waals surface area contributed by atoms with Crippen LogP contribution in [0.1, 0.15) is 6.42 Å². The Morgan fingerprint density at radius 3 is 3.00 bits per heavy atom. The Morgan fingerprint density at radius 2 is 2.30 bits per heavy atom. The van der Waals surface area contributed by atoms with E-state index >= 15 is 0 Å². The molecule has 1 aliphatic heterocycles. The first kappa shape index (κ1) is 13.1. The third kappa shape index (κ3) is 2.16. The third-order valence-corrected chi connectivity index (χ3v) is 3.73. The molecule has 0 saturated carbocycles. The SMILES string of the molecule is COc1cc2c(N3CCC(CO)C3)ncnc2cc1F. The largest absolute Gasteiger partial charge is 0.494 e. The molecule has 0 amide bonds. The predicted octanol–water partition coefficient (Wildman–Crippen LogP) is 1.60. The van der Waals surface area contributed by atoms with E-state index < -0.39 is 5.82 Å². The summed E-state index contributed by atoms with van der Waals surface area (Å²) in [6, 6.07) is 2.99. The molecule has 5 nitrogen and oxygen atoms in total. The number of fused-ring (bicyclic) bond motifs is 1. The van der Waals surface area contributed by atoms with E-state index in [9.17, 15) is 9.50 Å². The molecule has 1 fully saturated rings. The van der Waals surface area contributed by atoms with E-state index in [0.717, 1.165) is 30.7 Å². The van der Waals surface area contributed by atoms with Gasteiger partial charge in [-0.15, -0.1) is 0 Å². The van der Waals surface area contributed by atoms with Crippen molar-refractivity contribution in [2.24, 2.45) is 5.92 Å². The Kier molecular flexibility index (Phi) is 3.40. The highest BCUT2D eigenvalue weighted by Gasteiger charge is 2.24. The standard InChI is InChI=1S/C14H16FN3O2/c1-20-13-4-10-12(5-11(13)15)16-8-17-14(10)18-3-2-9(6-18)7-19/h4-5,8-9,19H,2-3,6-7H2,1H3. The van der Waals surface area contributed by atoms with Crippen molar-refractivity contribution in [1.82, 2.24) is 9.97 Å². The lowest BCUT2D eigenvalue weighted by Crippen LogP contribution is -2.22. The normalized spacial score (nSPS) is 18.8. The molecule has 1 saturated heterocycles. The van der Waals surface area contributed by atoms with E-state index in [-0.39, 0.29) is 18.3 Å². The van der Waals surface area contributed by atoms with Crippen molar-refractivity contribution in [2.45, 2.75) is 6.42 Å². The minimum atomic E-state index is -0.431. The van der Waals surface area contributed by atoms with Crippen molar-refractivity contribution in [3.05, 3.63) is 24.3 Å². The lowest BCUT2D eigenvalue weighted by molar-refractivity contribution is 0.238. The number of hydrogen-bond donors (Lipinski definition) is 1. The van der Waals surface area contributed by atoms with Crippen LogP contribution < -0.4 is 9.64 Å². The summed E-state index contributed by atoms with van der Waals surface area (Å²) in [7, 11) is 1.44. The van der Waals surface area contributed by atoms with Crippen LogP contribution in [0.25, 0.3) is 10.9 Å². The minimum absolute atomic E-state index is 0.178. The fourth-order valence-electron chi connectivity index (χ4n) is 2.63. The predicted molar refractivity (Wildman–Crippen MR) is 73.5 cm³/mol. The first-order valence-corrected chi connectivity index (χ1v) is 6.57. The summed E-state index contributed by atoms with van der Waals surface area (Å²) in [5.74, 6) is 0.789. The number of halogens is 1. The van der Waals surface area contributed by atoms with E-state index in [2.05, 4.69) is 14.9 Å². The highest BCUT2D eigenvalue weighted by Crippen LogP contribution is 2.31. The van der Waals surface area contributed by atoms with Gasteiger partial charge in [0.15, 0.2) is 11.6 Å². The van der Waals surface area contributed by atoms with Gasteiger partial charge in [-0.25, -0.2) is 14.4 Å². The van der Waals surface area contributed by atoms with Crippen LogP contribution in [0, 0.1) is 11.7 Å². The number of hydrogen-bond acceptors (Lipinski definition) is 5. The van der Waals surface area contributed by atoms with Gasteiger partial charge in [0.2, 0.25) is 0 Å². The number of aromatic nitrogens is 2. The van der Waals surface area contributed by atoms with Gasteiger partial charge >= 0.3 is 0 Å². The molecule has 0 spiro atoms. The van der Waals surface area contributed by atoms with Gasteiger partial charge in [0, 0.05) is 37.1 Å². The number of benzene rings is 1. The molecule has 2 heterocycles. The Labute approximate surface area is 116 Å². The Balaban J connectivity index is 2.07. The summed E-state index contributed by atoms with van der Waals surface area (Å²) in [6.07, 6.45) is 2.37. The molecule has 3 rings (SSSR count). The van der Waals surface area contributed by atoms with Crippen LogP contribution in [0.3, 0.4) is 0 Å². The van der Waals surface area contributed by atoms with E-state index in [4.69, 9.17) is 4.74 Å². The van der Waals surface area contributed by atoms with E-state index in [1.54, 1.807) is 6.07 Å². The molecule has 2 aromatic rings. The molecule has 0 aliphatic carbocycles. The van der Waals surface area contributed by atoms with Gasteiger partial charge in [-0.3, -0.25) is 0 Å². The highest BCUT2D eigenvalue weighted by molar-refractivity contribution is 5.90. The van der Waals surface area contributed by atoms with Crippen LogP contribution in [-0.4, -0.2) is 41.9 Å². The zero-order valence-corrected chi connectivity index (χ0v) is 11.2. The van der Waals surface area contributed by atoms with Crippen molar-refractivity contribution in [3.8, 4) is 5.75 Å². The number of aliphatic hydroxyl groups excluding tert-OH is 1. The molecule has 1 aromatic heterocycles. The Hall–Kier alpha value is -1.95. The highest BCUT2D eigenvalue weighted by atomic mass is 19.1. The second-order valence-electron chi connectivity index (χ2n) is 4.98. The fourth-order valence-corrected chi connectivity index (χ4v) is 2.63. The summed E-state index contributed by atoms with van der Waals surface area (Å²) >= 11 is 0. The maximum Gasteiger partial charge on any atom is 0.167 e. The topological polar surface area (TPSA) is 58.5 Å². The van der Waals surface area contributed by atoms with E-state index in [0.29, 0.717) is 5.52 Å². The van der Waals surface area contributed by atoms with Gasteiger partial charge in [-0.05, 0) is 12.5 Å². The summed E-state index contributed by atoms with van der Waals surface area (Å²) in [5, 5.41) is 10.0. The zero-order valence-electron chi connectivity index (χ0n) is 11.2. The third-order valence-electron chi connectivity index (χ3n) is 3.73.